The molecule has 0 aromatic carbocycles. The number of esters is 1. The van der Waals surface area contributed by atoms with Crippen molar-refractivity contribution in [2.75, 3.05) is 20.3 Å². The summed E-state index contributed by atoms with van der Waals surface area (Å²) < 4.78 is 16.3. The highest BCUT2D eigenvalue weighted by molar-refractivity contribution is 9.09. The van der Waals surface area contributed by atoms with E-state index in [1.807, 2.05) is 6.92 Å². The van der Waals surface area contributed by atoms with Crippen LogP contribution in [0.3, 0.4) is 0 Å². The van der Waals surface area contributed by atoms with Gasteiger partial charge in [0.25, 0.3) is 0 Å². The van der Waals surface area contributed by atoms with Crippen LogP contribution in [-0.4, -0.2) is 48.1 Å². The summed E-state index contributed by atoms with van der Waals surface area (Å²) in [6, 6.07) is 0. The Kier molecular flexibility index (Phi) is 5.90. The van der Waals surface area contributed by atoms with Crippen LogP contribution in [0.1, 0.15) is 33.1 Å². The van der Waals surface area contributed by atoms with E-state index in [1.54, 1.807) is 14.0 Å². The van der Waals surface area contributed by atoms with Crippen LogP contribution in [0.25, 0.3) is 0 Å². The maximum Gasteiger partial charge on any atom is 0.384 e. The number of halogens is 1. The molecule has 23 heavy (non-hydrogen) atoms. The molecule has 1 fully saturated rings. The van der Waals surface area contributed by atoms with Crippen molar-refractivity contribution >= 4 is 21.9 Å². The van der Waals surface area contributed by atoms with Gasteiger partial charge in [-0.1, -0.05) is 33.5 Å². The number of aliphatic hydroxyl groups excluding tert-OH is 1. The Balaban J connectivity index is 2.05. The number of alkyl halides is 1. The highest BCUT2D eigenvalue weighted by Crippen LogP contribution is 2.55. The Morgan fingerprint density at radius 1 is 1.65 bits per heavy atom. The standard InChI is InChI=1S/C17H23BrO5/c1-4-22-14(20)8-6-5-7-13(19)16-9-12(2)10-17(21-3,15(16)18)23-11-16/h9,13,15,19H,4-5,7,10-11H2,1-3H3/t13-,15+,16+,17+/m1/s1. The van der Waals surface area contributed by atoms with E-state index in [4.69, 9.17) is 14.2 Å². The Morgan fingerprint density at radius 2 is 2.39 bits per heavy atom. The molecule has 0 radical (unpaired) electrons. The number of hydrogen-bond acceptors (Lipinski definition) is 5. The molecule has 2 aliphatic rings. The van der Waals surface area contributed by atoms with Gasteiger partial charge in [-0.05, 0) is 20.3 Å². The highest BCUT2D eigenvalue weighted by atomic mass is 79.9. The van der Waals surface area contributed by atoms with Crippen molar-refractivity contribution in [3.8, 4) is 11.8 Å². The number of hydrogen-bond donors (Lipinski definition) is 1. The number of carbonyl (C=O) groups is 1. The molecule has 0 aromatic heterocycles. The molecular formula is C17H23BrO5. The molecule has 0 amide bonds. The van der Waals surface area contributed by atoms with Crippen LogP contribution in [0.4, 0.5) is 0 Å². The summed E-state index contributed by atoms with van der Waals surface area (Å²) >= 11 is 3.67. The zero-order valence-corrected chi connectivity index (χ0v) is 15.3. The van der Waals surface area contributed by atoms with E-state index in [-0.39, 0.29) is 4.83 Å². The van der Waals surface area contributed by atoms with Gasteiger partial charge >= 0.3 is 5.97 Å². The van der Waals surface area contributed by atoms with Crippen LogP contribution in [0.5, 0.6) is 0 Å². The van der Waals surface area contributed by atoms with Crippen LogP contribution < -0.4 is 0 Å². The summed E-state index contributed by atoms with van der Waals surface area (Å²) in [6.07, 6.45) is 2.97. The average Bonchev–Trinajstić information content (AvgIpc) is 2.69. The predicted octanol–water partition coefficient (Wildman–Crippen LogP) is 2.17. The predicted molar refractivity (Wildman–Crippen MR) is 88.9 cm³/mol. The quantitative estimate of drug-likeness (QED) is 0.258. The third kappa shape index (κ3) is 3.48. The molecule has 2 rings (SSSR count). The van der Waals surface area contributed by atoms with Crippen molar-refractivity contribution in [1.82, 2.24) is 0 Å². The normalized spacial score (nSPS) is 33.4. The first kappa shape index (κ1) is 18.5. The van der Waals surface area contributed by atoms with Crippen LogP contribution in [0, 0.1) is 17.3 Å². The first-order valence-corrected chi connectivity index (χ1v) is 8.67. The third-order valence-electron chi connectivity index (χ3n) is 4.44. The van der Waals surface area contributed by atoms with Crippen molar-refractivity contribution in [2.45, 2.75) is 49.8 Å². The zero-order chi connectivity index (χ0) is 17.1. The second kappa shape index (κ2) is 7.35. The van der Waals surface area contributed by atoms with Gasteiger partial charge in [0.15, 0.2) is 5.79 Å². The van der Waals surface area contributed by atoms with E-state index >= 15 is 0 Å². The Hall–Kier alpha value is -0.870. The molecule has 1 aliphatic carbocycles. The molecule has 1 N–H and O–H groups in total. The molecule has 1 saturated heterocycles. The molecule has 0 saturated carbocycles. The molecule has 1 heterocycles. The zero-order valence-electron chi connectivity index (χ0n) is 13.7. The fraction of sp³-hybridized carbons (Fsp3) is 0.706. The summed E-state index contributed by atoms with van der Waals surface area (Å²) in [5.74, 6) is 3.91. The molecule has 0 unspecified atom stereocenters. The lowest BCUT2D eigenvalue weighted by Crippen LogP contribution is -2.50. The number of fused-ring (bicyclic) bond motifs is 2. The number of rotatable bonds is 5. The highest BCUT2D eigenvalue weighted by Gasteiger charge is 2.62. The summed E-state index contributed by atoms with van der Waals surface area (Å²) in [4.78, 5) is 11.0. The number of ether oxygens (including phenoxy) is 3. The molecule has 0 aromatic rings. The second-order valence-electron chi connectivity index (χ2n) is 6.02. The van der Waals surface area contributed by atoms with Gasteiger partial charge in [0.1, 0.15) is 0 Å². The maximum absolute atomic E-state index is 11.2. The lowest BCUT2D eigenvalue weighted by molar-refractivity contribution is -0.187. The largest absolute Gasteiger partial charge is 0.456 e. The Morgan fingerprint density at radius 3 is 3.04 bits per heavy atom. The fourth-order valence-corrected chi connectivity index (χ4v) is 4.38. The van der Waals surface area contributed by atoms with E-state index in [1.165, 1.54) is 0 Å². The van der Waals surface area contributed by atoms with Gasteiger partial charge in [0.05, 0.1) is 29.6 Å². The third-order valence-corrected chi connectivity index (χ3v) is 5.99. The van der Waals surface area contributed by atoms with E-state index in [2.05, 4.69) is 33.8 Å². The number of aliphatic hydroxyl groups is 1. The Labute approximate surface area is 145 Å². The number of methoxy groups -OCH3 is 1. The monoisotopic (exact) mass is 386 g/mol. The topological polar surface area (TPSA) is 65.0 Å². The van der Waals surface area contributed by atoms with Crippen molar-refractivity contribution in [1.29, 1.82) is 0 Å². The maximum atomic E-state index is 11.2. The molecule has 0 spiro atoms. The second-order valence-corrected chi connectivity index (χ2v) is 6.94. The summed E-state index contributed by atoms with van der Waals surface area (Å²) in [5, 5.41) is 10.7. The van der Waals surface area contributed by atoms with Crippen LogP contribution >= 0.6 is 15.9 Å². The molecule has 2 bridgehead atoms. The van der Waals surface area contributed by atoms with Gasteiger partial charge in [-0.2, -0.15) is 0 Å². The molecule has 5 nitrogen and oxygen atoms in total. The minimum absolute atomic E-state index is 0.135. The van der Waals surface area contributed by atoms with Gasteiger partial charge in [0, 0.05) is 25.9 Å². The molecule has 128 valence electrons. The minimum atomic E-state index is -0.726. The summed E-state index contributed by atoms with van der Waals surface area (Å²) in [6.45, 7) is 4.45. The van der Waals surface area contributed by atoms with E-state index in [0.29, 0.717) is 32.5 Å². The van der Waals surface area contributed by atoms with Crippen LogP contribution in [0.2, 0.25) is 0 Å². The Bertz CT molecular complexity index is 549. The average molecular weight is 387 g/mol. The summed E-state index contributed by atoms with van der Waals surface area (Å²) in [5.41, 5.74) is 0.598. The van der Waals surface area contributed by atoms with E-state index in [9.17, 15) is 9.90 Å². The SMILES string of the molecule is CCOC(=O)C#CCC[C@@H](O)[C@]12C=C(C)C[C@](OC)(OC1)[C@H]2Br. The van der Waals surface area contributed by atoms with Crippen molar-refractivity contribution in [3.63, 3.8) is 0 Å². The fourth-order valence-electron chi connectivity index (χ4n) is 3.33. The van der Waals surface area contributed by atoms with Gasteiger partial charge in [-0.3, -0.25) is 0 Å². The lowest BCUT2D eigenvalue weighted by Gasteiger charge is -2.41. The van der Waals surface area contributed by atoms with Gasteiger partial charge in [0.2, 0.25) is 0 Å². The van der Waals surface area contributed by atoms with Crippen LogP contribution in [0.15, 0.2) is 11.6 Å². The van der Waals surface area contributed by atoms with Crippen molar-refractivity contribution < 1.29 is 24.1 Å². The first-order valence-electron chi connectivity index (χ1n) is 7.75. The molecular weight excluding hydrogens is 364 g/mol. The molecule has 4 atom stereocenters. The number of carbonyl (C=O) groups excluding carboxylic acids is 1. The van der Waals surface area contributed by atoms with Crippen LogP contribution in [-0.2, 0) is 19.0 Å². The smallest absolute Gasteiger partial charge is 0.384 e. The van der Waals surface area contributed by atoms with Crippen molar-refractivity contribution in [2.24, 2.45) is 5.41 Å². The minimum Gasteiger partial charge on any atom is -0.456 e. The van der Waals surface area contributed by atoms with Gasteiger partial charge in [-0.25, -0.2) is 4.79 Å². The summed E-state index contributed by atoms with van der Waals surface area (Å²) in [7, 11) is 1.63. The first-order chi connectivity index (χ1) is 10.9. The van der Waals surface area contributed by atoms with Gasteiger partial charge in [-0.15, -0.1) is 0 Å². The van der Waals surface area contributed by atoms with E-state index in [0.717, 1.165) is 5.57 Å². The van der Waals surface area contributed by atoms with Gasteiger partial charge < -0.3 is 19.3 Å². The molecule has 1 aliphatic heterocycles. The lowest BCUT2D eigenvalue weighted by atomic mass is 9.71. The van der Waals surface area contributed by atoms with Crippen molar-refractivity contribution in [3.05, 3.63) is 11.6 Å². The molecule has 6 heteroatoms. The van der Waals surface area contributed by atoms with E-state index < -0.39 is 23.3 Å².